The van der Waals surface area contributed by atoms with Crippen LogP contribution in [-0.2, 0) is 25.8 Å². The van der Waals surface area contributed by atoms with E-state index in [9.17, 15) is 17.6 Å². The standard InChI is InChI=1S/C22H25FN4O4S2/c23-21-12-25-22(32-21)10-19(28)18(7-13-3-5-31-6-4-13)27-17-8-14(24)9-20(16(17)11-26-27)33(29,30)15-1-2-15/h8-9,11-13,15,18H,1-7,10,24H2. The summed E-state index contributed by atoms with van der Waals surface area (Å²) in [5, 5.41) is 4.53. The second-order valence-electron chi connectivity index (χ2n) is 8.79. The number of nitrogens with two attached hydrogens (primary N) is 1. The average molecular weight is 493 g/mol. The Morgan fingerprint density at radius 1 is 1.24 bits per heavy atom. The second-order valence-corrected chi connectivity index (χ2v) is 12.1. The zero-order chi connectivity index (χ0) is 23.2. The number of ketones is 1. The number of carbonyl (C=O) groups excluding carboxylic acids is 1. The number of hydrogen-bond donors (Lipinski definition) is 1. The Balaban J connectivity index is 1.55. The number of hydrogen-bond acceptors (Lipinski definition) is 8. The molecule has 1 aliphatic carbocycles. The van der Waals surface area contributed by atoms with Crippen molar-refractivity contribution in [1.82, 2.24) is 14.8 Å². The molecule has 0 radical (unpaired) electrons. The lowest BCUT2D eigenvalue weighted by Gasteiger charge is -2.26. The van der Waals surface area contributed by atoms with Gasteiger partial charge in [0.15, 0.2) is 20.8 Å². The van der Waals surface area contributed by atoms with E-state index in [-0.39, 0.29) is 28.3 Å². The maximum Gasteiger partial charge on any atom is 0.196 e. The zero-order valence-electron chi connectivity index (χ0n) is 17.9. The smallest absolute Gasteiger partial charge is 0.196 e. The van der Waals surface area contributed by atoms with Crippen LogP contribution in [0.25, 0.3) is 10.9 Å². The van der Waals surface area contributed by atoms with Crippen LogP contribution in [0.3, 0.4) is 0 Å². The van der Waals surface area contributed by atoms with Gasteiger partial charge in [-0.05, 0) is 50.2 Å². The molecule has 0 bridgehead atoms. The van der Waals surface area contributed by atoms with Gasteiger partial charge in [0.1, 0.15) is 11.0 Å². The fraction of sp³-hybridized carbons (Fsp3) is 0.500. The van der Waals surface area contributed by atoms with Crippen LogP contribution < -0.4 is 5.73 Å². The Labute approximate surface area is 194 Å². The van der Waals surface area contributed by atoms with E-state index < -0.39 is 21.0 Å². The molecule has 1 saturated heterocycles. The minimum absolute atomic E-state index is 0.0145. The van der Waals surface area contributed by atoms with Gasteiger partial charge in [-0.2, -0.15) is 9.49 Å². The summed E-state index contributed by atoms with van der Waals surface area (Å²) in [4.78, 5) is 17.6. The summed E-state index contributed by atoms with van der Waals surface area (Å²) >= 11 is 0.851. The monoisotopic (exact) mass is 492 g/mol. The highest BCUT2D eigenvalue weighted by atomic mass is 32.2. The second kappa shape index (κ2) is 8.77. The molecule has 11 heteroatoms. The van der Waals surface area contributed by atoms with Crippen LogP contribution in [0.15, 0.2) is 29.4 Å². The van der Waals surface area contributed by atoms with E-state index in [1.165, 1.54) is 12.3 Å². The summed E-state index contributed by atoms with van der Waals surface area (Å²) < 4.78 is 46.5. The molecule has 1 unspecified atom stereocenters. The first-order valence-corrected chi connectivity index (χ1v) is 13.4. The number of ether oxygens (including phenoxy) is 1. The van der Waals surface area contributed by atoms with Crippen LogP contribution in [0.5, 0.6) is 0 Å². The number of sulfone groups is 1. The molecule has 2 aromatic heterocycles. The first-order chi connectivity index (χ1) is 15.8. The van der Waals surface area contributed by atoms with Crippen molar-refractivity contribution in [1.29, 1.82) is 0 Å². The molecule has 2 aliphatic rings. The van der Waals surface area contributed by atoms with Crippen molar-refractivity contribution in [2.75, 3.05) is 18.9 Å². The SMILES string of the molecule is Nc1cc(S(=O)(=O)C2CC2)c2cnn(C(CC3CCOCC3)C(=O)Cc3ncc(F)s3)c2c1. The third-order valence-electron chi connectivity index (χ3n) is 6.39. The number of thiazole rings is 1. The number of anilines is 1. The summed E-state index contributed by atoms with van der Waals surface area (Å²) in [6.07, 6.45) is 6.09. The molecule has 1 aliphatic heterocycles. The number of carbonyl (C=O) groups is 1. The lowest BCUT2D eigenvalue weighted by Crippen LogP contribution is -2.27. The predicted molar refractivity (Wildman–Crippen MR) is 122 cm³/mol. The molecular formula is C22H25FN4O4S2. The van der Waals surface area contributed by atoms with Crippen LogP contribution in [0.4, 0.5) is 10.1 Å². The number of rotatable bonds is 8. The van der Waals surface area contributed by atoms with E-state index in [1.807, 2.05) is 0 Å². The molecule has 2 fully saturated rings. The third-order valence-corrected chi connectivity index (χ3v) is 9.47. The highest BCUT2D eigenvalue weighted by molar-refractivity contribution is 7.92. The normalized spacial score (nSPS) is 18.6. The van der Waals surface area contributed by atoms with Gasteiger partial charge in [-0.3, -0.25) is 9.48 Å². The summed E-state index contributed by atoms with van der Waals surface area (Å²) in [6, 6.07) is 2.51. The van der Waals surface area contributed by atoms with Crippen LogP contribution in [0, 0.1) is 11.0 Å². The Kier molecular flexibility index (Phi) is 5.96. The number of halogens is 1. The molecule has 0 spiro atoms. The Hall–Kier alpha value is -2.37. The molecule has 5 rings (SSSR count). The van der Waals surface area contributed by atoms with E-state index in [1.54, 1.807) is 10.7 Å². The van der Waals surface area contributed by atoms with E-state index in [4.69, 9.17) is 10.5 Å². The molecule has 3 aromatic rings. The molecule has 176 valence electrons. The molecule has 0 amide bonds. The summed E-state index contributed by atoms with van der Waals surface area (Å²) in [5.74, 6) is 0.116. The Morgan fingerprint density at radius 3 is 2.67 bits per heavy atom. The van der Waals surface area contributed by atoms with Gasteiger partial charge >= 0.3 is 0 Å². The molecule has 8 nitrogen and oxygen atoms in total. The minimum atomic E-state index is -3.51. The van der Waals surface area contributed by atoms with Crippen LogP contribution in [0.1, 0.15) is 43.2 Å². The molecule has 1 atom stereocenters. The number of nitrogens with zero attached hydrogens (tertiary/aromatic N) is 3. The predicted octanol–water partition coefficient (Wildman–Crippen LogP) is 3.32. The maximum absolute atomic E-state index is 13.4. The van der Waals surface area contributed by atoms with E-state index >= 15 is 0 Å². The van der Waals surface area contributed by atoms with Gasteiger partial charge in [-0.1, -0.05) is 11.3 Å². The average Bonchev–Trinajstić information content (AvgIpc) is 3.47. The van der Waals surface area contributed by atoms with Gasteiger partial charge in [0.2, 0.25) is 0 Å². The summed E-state index contributed by atoms with van der Waals surface area (Å²) in [6.45, 7) is 1.28. The fourth-order valence-electron chi connectivity index (χ4n) is 4.48. The Bertz CT molecular complexity index is 1290. The molecule has 33 heavy (non-hydrogen) atoms. The maximum atomic E-state index is 13.4. The van der Waals surface area contributed by atoms with Crippen LogP contribution in [0.2, 0.25) is 0 Å². The number of benzene rings is 1. The minimum Gasteiger partial charge on any atom is -0.399 e. The van der Waals surface area contributed by atoms with Gasteiger partial charge < -0.3 is 10.5 Å². The van der Waals surface area contributed by atoms with Crippen LogP contribution >= 0.6 is 11.3 Å². The molecule has 3 heterocycles. The topological polar surface area (TPSA) is 117 Å². The van der Waals surface area contributed by atoms with Crippen molar-refractivity contribution in [2.24, 2.45) is 5.92 Å². The van der Waals surface area contributed by atoms with Gasteiger partial charge in [0.05, 0.1) is 34.5 Å². The van der Waals surface area contributed by atoms with Gasteiger partial charge in [0.25, 0.3) is 0 Å². The third kappa shape index (κ3) is 4.53. The fourth-order valence-corrected chi connectivity index (χ4v) is 7.01. The number of Topliss-reactive ketones (excluding diaryl/α,β-unsaturated/α-hetero) is 1. The van der Waals surface area contributed by atoms with Crippen molar-refractivity contribution in [3.63, 3.8) is 0 Å². The first kappa shape index (κ1) is 22.4. The van der Waals surface area contributed by atoms with Crippen molar-refractivity contribution < 1.29 is 22.3 Å². The molecule has 1 saturated carbocycles. The highest BCUT2D eigenvalue weighted by Gasteiger charge is 2.39. The highest BCUT2D eigenvalue weighted by Crippen LogP contribution is 2.39. The van der Waals surface area contributed by atoms with E-state index in [2.05, 4.69) is 10.1 Å². The summed E-state index contributed by atoms with van der Waals surface area (Å²) in [7, 11) is -3.51. The first-order valence-electron chi connectivity index (χ1n) is 11.0. The lowest BCUT2D eigenvalue weighted by atomic mass is 9.90. The van der Waals surface area contributed by atoms with Crippen LogP contribution in [-0.4, -0.2) is 47.4 Å². The number of fused-ring (bicyclic) bond motifs is 1. The Morgan fingerprint density at radius 2 is 2.00 bits per heavy atom. The quantitative estimate of drug-likeness (QED) is 0.479. The van der Waals surface area contributed by atoms with Gasteiger partial charge in [0, 0.05) is 24.3 Å². The molecular weight excluding hydrogens is 467 g/mol. The zero-order valence-corrected chi connectivity index (χ0v) is 19.6. The van der Waals surface area contributed by atoms with Crippen molar-refractivity contribution in [2.45, 2.75) is 54.7 Å². The van der Waals surface area contributed by atoms with Crippen molar-refractivity contribution >= 4 is 43.5 Å². The number of aromatic nitrogens is 3. The lowest BCUT2D eigenvalue weighted by molar-refractivity contribution is -0.122. The largest absolute Gasteiger partial charge is 0.399 e. The number of nitrogen functional groups attached to an aromatic ring is 1. The van der Waals surface area contributed by atoms with E-state index in [0.717, 1.165) is 30.4 Å². The molecule has 1 aromatic carbocycles. The van der Waals surface area contributed by atoms with Crippen molar-refractivity contribution in [3.05, 3.63) is 34.7 Å². The van der Waals surface area contributed by atoms with Gasteiger partial charge in [-0.25, -0.2) is 13.4 Å². The van der Waals surface area contributed by atoms with Gasteiger partial charge in [-0.15, -0.1) is 0 Å². The van der Waals surface area contributed by atoms with E-state index in [0.29, 0.717) is 54.1 Å². The van der Waals surface area contributed by atoms with Crippen molar-refractivity contribution in [3.8, 4) is 0 Å². The molecule has 2 N–H and O–H groups in total. The summed E-state index contributed by atoms with van der Waals surface area (Å²) in [5.41, 5.74) is 6.93.